The normalized spacial score (nSPS) is 11.8. The molecule has 0 spiro atoms. The van der Waals surface area contributed by atoms with E-state index in [1.165, 1.54) is 7.11 Å². The number of aliphatic carboxylic acids is 1. The maximum Gasteiger partial charge on any atom is 0.326 e. The van der Waals surface area contributed by atoms with Crippen molar-refractivity contribution < 1.29 is 19.4 Å². The van der Waals surface area contributed by atoms with Crippen LogP contribution in [-0.2, 0) is 9.53 Å². The number of hydrogen-bond acceptors (Lipinski definition) is 3. The van der Waals surface area contributed by atoms with Crippen molar-refractivity contribution in [1.29, 1.82) is 0 Å². The Bertz CT molecular complexity index is 473. The first-order valence-electron chi connectivity index (χ1n) is 6.00. The molecule has 0 aliphatic rings. The summed E-state index contributed by atoms with van der Waals surface area (Å²) in [6, 6.07) is 3.56. The molecule has 2 amide bonds. The van der Waals surface area contributed by atoms with Crippen LogP contribution in [0, 0.1) is 6.92 Å². The van der Waals surface area contributed by atoms with Gasteiger partial charge in [-0.1, -0.05) is 23.7 Å². The quantitative estimate of drug-likeness (QED) is 0.752. The molecule has 1 aromatic carbocycles. The second-order valence-corrected chi connectivity index (χ2v) is 4.61. The van der Waals surface area contributed by atoms with Crippen LogP contribution in [0.1, 0.15) is 12.0 Å². The Balaban J connectivity index is 2.68. The minimum absolute atomic E-state index is 0.181. The van der Waals surface area contributed by atoms with Gasteiger partial charge in [0.1, 0.15) is 6.04 Å². The summed E-state index contributed by atoms with van der Waals surface area (Å²) < 4.78 is 4.80. The second kappa shape index (κ2) is 7.72. The number of rotatable bonds is 6. The highest BCUT2D eigenvalue weighted by Gasteiger charge is 2.20. The second-order valence-electron chi connectivity index (χ2n) is 4.20. The molecular weight excluding hydrogens is 284 g/mol. The predicted octanol–water partition coefficient (Wildman–Crippen LogP) is 2.26. The van der Waals surface area contributed by atoms with Gasteiger partial charge in [-0.3, -0.25) is 0 Å². The van der Waals surface area contributed by atoms with Gasteiger partial charge in [0, 0.05) is 20.1 Å². The largest absolute Gasteiger partial charge is 0.480 e. The zero-order valence-electron chi connectivity index (χ0n) is 11.3. The number of urea groups is 1. The molecule has 0 aromatic heterocycles. The van der Waals surface area contributed by atoms with E-state index >= 15 is 0 Å². The number of carboxylic acid groups (broad SMARTS) is 1. The van der Waals surface area contributed by atoms with E-state index in [-0.39, 0.29) is 13.0 Å². The van der Waals surface area contributed by atoms with Gasteiger partial charge in [-0.15, -0.1) is 0 Å². The number of carbonyl (C=O) groups excluding carboxylic acids is 1. The Morgan fingerprint density at radius 2 is 2.15 bits per heavy atom. The van der Waals surface area contributed by atoms with E-state index in [1.54, 1.807) is 25.1 Å². The molecule has 110 valence electrons. The molecule has 6 nitrogen and oxygen atoms in total. The summed E-state index contributed by atoms with van der Waals surface area (Å²) in [5.41, 5.74) is 1.25. The predicted molar refractivity (Wildman–Crippen MR) is 76.3 cm³/mol. The van der Waals surface area contributed by atoms with E-state index in [9.17, 15) is 9.59 Å². The SMILES string of the molecule is COCCC(NC(=O)Nc1c(C)cccc1Cl)C(=O)O. The first-order chi connectivity index (χ1) is 9.45. The molecule has 1 unspecified atom stereocenters. The molecule has 7 heteroatoms. The van der Waals surface area contributed by atoms with Crippen molar-refractivity contribution in [2.24, 2.45) is 0 Å². The van der Waals surface area contributed by atoms with Crippen molar-refractivity contribution in [3.8, 4) is 0 Å². The molecule has 0 bridgehead atoms. The highest BCUT2D eigenvalue weighted by atomic mass is 35.5. The van der Waals surface area contributed by atoms with Crippen LogP contribution in [0.5, 0.6) is 0 Å². The summed E-state index contributed by atoms with van der Waals surface area (Å²) in [5.74, 6) is -1.12. The summed E-state index contributed by atoms with van der Waals surface area (Å²) in [6.07, 6.45) is 0.181. The Labute approximate surface area is 122 Å². The van der Waals surface area contributed by atoms with Gasteiger partial charge in [0.25, 0.3) is 0 Å². The standard InChI is InChI=1S/C13H17ClN2O4/c1-8-4-3-5-9(14)11(8)16-13(19)15-10(12(17)18)6-7-20-2/h3-5,10H,6-7H2,1-2H3,(H,17,18)(H2,15,16,19). The molecule has 1 aromatic rings. The minimum atomic E-state index is -1.12. The van der Waals surface area contributed by atoms with Crippen LogP contribution in [0.4, 0.5) is 10.5 Å². The molecule has 0 fully saturated rings. The van der Waals surface area contributed by atoms with Crippen LogP contribution in [0.15, 0.2) is 18.2 Å². The topological polar surface area (TPSA) is 87.7 Å². The number of hydrogen-bond donors (Lipinski definition) is 3. The van der Waals surface area contributed by atoms with E-state index in [1.807, 2.05) is 0 Å². The number of benzene rings is 1. The number of carboxylic acids is 1. The van der Waals surface area contributed by atoms with Gasteiger partial charge in [-0.25, -0.2) is 9.59 Å². The van der Waals surface area contributed by atoms with E-state index in [4.69, 9.17) is 21.4 Å². The van der Waals surface area contributed by atoms with E-state index in [0.29, 0.717) is 10.7 Å². The lowest BCUT2D eigenvalue weighted by molar-refractivity contribution is -0.139. The fraction of sp³-hybridized carbons (Fsp3) is 0.385. The van der Waals surface area contributed by atoms with Gasteiger partial charge < -0.3 is 20.5 Å². The molecule has 0 aliphatic carbocycles. The number of nitrogens with one attached hydrogen (secondary N) is 2. The number of amides is 2. The Hall–Kier alpha value is -1.79. The lowest BCUT2D eigenvalue weighted by atomic mass is 10.2. The zero-order valence-corrected chi connectivity index (χ0v) is 12.0. The first kappa shape index (κ1) is 16.3. The highest BCUT2D eigenvalue weighted by Crippen LogP contribution is 2.24. The number of methoxy groups -OCH3 is 1. The molecule has 1 atom stereocenters. The highest BCUT2D eigenvalue weighted by molar-refractivity contribution is 6.33. The Morgan fingerprint density at radius 1 is 1.45 bits per heavy atom. The van der Waals surface area contributed by atoms with Crippen LogP contribution in [0.2, 0.25) is 5.02 Å². The van der Waals surface area contributed by atoms with Crippen molar-refractivity contribution in [3.05, 3.63) is 28.8 Å². The maximum absolute atomic E-state index is 11.8. The van der Waals surface area contributed by atoms with Crippen molar-refractivity contribution >= 4 is 29.3 Å². The number of carbonyl (C=O) groups is 2. The average Bonchev–Trinajstić information content (AvgIpc) is 2.38. The molecule has 0 saturated heterocycles. The van der Waals surface area contributed by atoms with Crippen LogP contribution < -0.4 is 10.6 Å². The fourth-order valence-corrected chi connectivity index (χ4v) is 1.86. The molecule has 3 N–H and O–H groups in total. The molecule has 0 heterocycles. The molecular formula is C13H17ClN2O4. The third kappa shape index (κ3) is 4.71. The summed E-state index contributed by atoms with van der Waals surface area (Å²) in [7, 11) is 1.46. The number of para-hydroxylation sites is 1. The van der Waals surface area contributed by atoms with Gasteiger partial charge >= 0.3 is 12.0 Å². The molecule has 0 saturated carbocycles. The summed E-state index contributed by atoms with van der Waals surface area (Å²) >= 11 is 5.98. The van der Waals surface area contributed by atoms with Gasteiger partial charge in [0.15, 0.2) is 0 Å². The third-order valence-corrected chi connectivity index (χ3v) is 2.99. The minimum Gasteiger partial charge on any atom is -0.480 e. The molecule has 20 heavy (non-hydrogen) atoms. The molecule has 1 rings (SSSR count). The summed E-state index contributed by atoms with van der Waals surface area (Å²) in [5, 5.41) is 14.3. The van der Waals surface area contributed by atoms with E-state index in [0.717, 1.165) is 5.56 Å². The number of ether oxygens (including phenoxy) is 1. The third-order valence-electron chi connectivity index (χ3n) is 2.67. The summed E-state index contributed by atoms with van der Waals surface area (Å²) in [6.45, 7) is 2.03. The lowest BCUT2D eigenvalue weighted by Gasteiger charge is -2.16. The van der Waals surface area contributed by atoms with Crippen molar-refractivity contribution in [3.63, 3.8) is 0 Å². The van der Waals surface area contributed by atoms with Crippen LogP contribution in [-0.4, -0.2) is 36.9 Å². The van der Waals surface area contributed by atoms with Gasteiger partial charge in [-0.2, -0.15) is 0 Å². The maximum atomic E-state index is 11.8. The average molecular weight is 301 g/mol. The monoisotopic (exact) mass is 300 g/mol. The Kier molecular flexibility index (Phi) is 6.27. The van der Waals surface area contributed by atoms with Crippen molar-refractivity contribution in [1.82, 2.24) is 5.32 Å². The first-order valence-corrected chi connectivity index (χ1v) is 6.38. The number of halogens is 1. The smallest absolute Gasteiger partial charge is 0.326 e. The van der Waals surface area contributed by atoms with Crippen LogP contribution in [0.25, 0.3) is 0 Å². The van der Waals surface area contributed by atoms with E-state index in [2.05, 4.69) is 10.6 Å². The van der Waals surface area contributed by atoms with Crippen molar-refractivity contribution in [2.45, 2.75) is 19.4 Å². The number of anilines is 1. The van der Waals surface area contributed by atoms with Crippen LogP contribution in [0.3, 0.4) is 0 Å². The molecule has 0 aliphatic heterocycles. The van der Waals surface area contributed by atoms with Crippen LogP contribution >= 0.6 is 11.6 Å². The van der Waals surface area contributed by atoms with E-state index < -0.39 is 18.0 Å². The number of aryl methyl sites for hydroxylation is 1. The summed E-state index contributed by atoms with van der Waals surface area (Å²) in [4.78, 5) is 22.8. The van der Waals surface area contributed by atoms with Crippen molar-refractivity contribution in [2.75, 3.05) is 19.0 Å². The molecule has 0 radical (unpaired) electrons. The lowest BCUT2D eigenvalue weighted by Crippen LogP contribution is -2.43. The van der Waals surface area contributed by atoms with Gasteiger partial charge in [-0.05, 0) is 18.6 Å². The zero-order chi connectivity index (χ0) is 15.1. The van der Waals surface area contributed by atoms with Gasteiger partial charge in [0.05, 0.1) is 10.7 Å². The fourth-order valence-electron chi connectivity index (χ4n) is 1.59. The van der Waals surface area contributed by atoms with Gasteiger partial charge in [0.2, 0.25) is 0 Å². The Morgan fingerprint density at radius 3 is 2.70 bits per heavy atom.